The van der Waals surface area contributed by atoms with Crippen LogP contribution in [0.3, 0.4) is 0 Å². The Hall–Kier alpha value is -1.42. The summed E-state index contributed by atoms with van der Waals surface area (Å²) in [5, 5.41) is 3.35. The van der Waals surface area contributed by atoms with Crippen LogP contribution in [0.5, 0.6) is 0 Å². The Morgan fingerprint density at radius 3 is 2.67 bits per heavy atom. The number of nitrogens with zero attached hydrogens (tertiary/aromatic N) is 1. The highest BCUT2D eigenvalue weighted by molar-refractivity contribution is 5.95. The van der Waals surface area contributed by atoms with Gasteiger partial charge in [0.05, 0.1) is 5.56 Å². The predicted molar refractivity (Wildman–Crippen MR) is 80.8 cm³/mol. The van der Waals surface area contributed by atoms with E-state index < -0.39 is 5.82 Å². The molecule has 1 amide bonds. The Balaban J connectivity index is 1.76. The van der Waals surface area contributed by atoms with Gasteiger partial charge in [-0.1, -0.05) is 11.6 Å². The molecule has 1 saturated heterocycles. The van der Waals surface area contributed by atoms with E-state index in [1.54, 1.807) is 12.1 Å². The molecule has 0 atom stereocenters. The van der Waals surface area contributed by atoms with Gasteiger partial charge in [0, 0.05) is 12.6 Å². The van der Waals surface area contributed by atoms with Crippen LogP contribution in [0, 0.1) is 18.7 Å². The SMILES string of the molecule is Cc1ccc(F)c(C(=O)N(CC2CCNCC2)C2CC2)c1. The molecule has 3 nitrogen and oxygen atoms in total. The van der Waals surface area contributed by atoms with Gasteiger partial charge in [0.1, 0.15) is 5.82 Å². The first kappa shape index (κ1) is 14.5. The molecule has 0 unspecified atom stereocenters. The van der Waals surface area contributed by atoms with Gasteiger partial charge in [0.15, 0.2) is 0 Å². The number of carbonyl (C=O) groups is 1. The van der Waals surface area contributed by atoms with Crippen molar-refractivity contribution in [1.82, 2.24) is 10.2 Å². The first-order valence-corrected chi connectivity index (χ1v) is 7.93. The highest BCUT2D eigenvalue weighted by atomic mass is 19.1. The van der Waals surface area contributed by atoms with E-state index in [0.29, 0.717) is 12.0 Å². The fourth-order valence-electron chi connectivity index (χ4n) is 3.08. The van der Waals surface area contributed by atoms with E-state index in [9.17, 15) is 9.18 Å². The van der Waals surface area contributed by atoms with Crippen LogP contribution in [0.4, 0.5) is 4.39 Å². The highest BCUT2D eigenvalue weighted by Crippen LogP contribution is 2.31. The van der Waals surface area contributed by atoms with Crippen LogP contribution >= 0.6 is 0 Å². The van der Waals surface area contributed by atoms with Crippen molar-refractivity contribution in [3.8, 4) is 0 Å². The standard InChI is InChI=1S/C17H23FN2O/c1-12-2-5-16(18)15(10-12)17(21)20(14-3-4-14)11-13-6-8-19-9-7-13/h2,5,10,13-14,19H,3-4,6-9,11H2,1H3. The Kier molecular flexibility index (Phi) is 4.24. The van der Waals surface area contributed by atoms with Gasteiger partial charge in [-0.05, 0) is 63.7 Å². The zero-order valence-corrected chi connectivity index (χ0v) is 12.6. The molecule has 1 aromatic rings. The molecule has 1 N–H and O–H groups in total. The average Bonchev–Trinajstić information content (AvgIpc) is 3.32. The van der Waals surface area contributed by atoms with Crippen molar-refractivity contribution in [3.63, 3.8) is 0 Å². The molecule has 1 aliphatic heterocycles. The van der Waals surface area contributed by atoms with E-state index >= 15 is 0 Å². The van der Waals surface area contributed by atoms with Gasteiger partial charge in [-0.3, -0.25) is 4.79 Å². The lowest BCUT2D eigenvalue weighted by Gasteiger charge is -2.30. The molecule has 2 fully saturated rings. The maximum absolute atomic E-state index is 14.0. The third-order valence-electron chi connectivity index (χ3n) is 4.51. The summed E-state index contributed by atoms with van der Waals surface area (Å²) in [5.74, 6) is 0.0162. The summed E-state index contributed by atoms with van der Waals surface area (Å²) in [6.45, 7) is 4.72. The van der Waals surface area contributed by atoms with Crippen molar-refractivity contribution in [3.05, 3.63) is 35.1 Å². The molecule has 0 radical (unpaired) electrons. The van der Waals surface area contributed by atoms with Crippen molar-refractivity contribution in [2.75, 3.05) is 19.6 Å². The van der Waals surface area contributed by atoms with Crippen LogP contribution < -0.4 is 5.32 Å². The third-order valence-corrected chi connectivity index (χ3v) is 4.51. The van der Waals surface area contributed by atoms with Gasteiger partial charge < -0.3 is 10.2 Å². The van der Waals surface area contributed by atoms with Gasteiger partial charge in [-0.25, -0.2) is 4.39 Å². The number of rotatable bonds is 4. The fraction of sp³-hybridized carbons (Fsp3) is 0.588. The number of benzene rings is 1. The summed E-state index contributed by atoms with van der Waals surface area (Å²) in [5.41, 5.74) is 1.16. The smallest absolute Gasteiger partial charge is 0.257 e. The molecule has 2 aliphatic rings. The lowest BCUT2D eigenvalue weighted by Crippen LogP contribution is -2.40. The topological polar surface area (TPSA) is 32.3 Å². The minimum atomic E-state index is -0.401. The number of halogens is 1. The summed E-state index contributed by atoms with van der Waals surface area (Å²) in [6, 6.07) is 5.11. The van der Waals surface area contributed by atoms with Gasteiger partial charge in [0.25, 0.3) is 5.91 Å². The number of amides is 1. The maximum atomic E-state index is 14.0. The summed E-state index contributed by atoms with van der Waals surface area (Å²) in [7, 11) is 0. The molecule has 1 aliphatic carbocycles. The minimum absolute atomic E-state index is 0.128. The van der Waals surface area contributed by atoms with Crippen LogP contribution in [-0.2, 0) is 0 Å². The third kappa shape index (κ3) is 3.43. The molecule has 4 heteroatoms. The van der Waals surface area contributed by atoms with E-state index in [1.165, 1.54) is 6.07 Å². The molecule has 3 rings (SSSR count). The summed E-state index contributed by atoms with van der Waals surface area (Å²) in [4.78, 5) is 14.7. The number of hydrogen-bond acceptors (Lipinski definition) is 2. The van der Waals surface area contributed by atoms with E-state index in [1.807, 2.05) is 11.8 Å². The number of hydrogen-bond donors (Lipinski definition) is 1. The molecule has 0 aromatic heterocycles. The molecule has 114 valence electrons. The van der Waals surface area contributed by atoms with Crippen LogP contribution in [0.1, 0.15) is 41.6 Å². The molecule has 0 spiro atoms. The second-order valence-corrected chi connectivity index (χ2v) is 6.37. The number of carbonyl (C=O) groups excluding carboxylic acids is 1. The summed E-state index contributed by atoms with van der Waals surface area (Å²) >= 11 is 0. The van der Waals surface area contributed by atoms with Gasteiger partial charge in [-0.2, -0.15) is 0 Å². The van der Waals surface area contributed by atoms with Crippen molar-refractivity contribution in [1.29, 1.82) is 0 Å². The van der Waals surface area contributed by atoms with E-state index in [2.05, 4.69) is 5.32 Å². The van der Waals surface area contributed by atoms with Gasteiger partial charge >= 0.3 is 0 Å². The van der Waals surface area contributed by atoms with Crippen LogP contribution in [-0.4, -0.2) is 36.5 Å². The number of nitrogens with one attached hydrogen (secondary N) is 1. The lowest BCUT2D eigenvalue weighted by atomic mass is 9.97. The highest BCUT2D eigenvalue weighted by Gasteiger charge is 2.35. The molecule has 0 bridgehead atoms. The predicted octanol–water partition coefficient (Wildman–Crippen LogP) is 2.74. The summed E-state index contributed by atoms with van der Waals surface area (Å²) < 4.78 is 14.0. The zero-order chi connectivity index (χ0) is 14.8. The fourth-order valence-corrected chi connectivity index (χ4v) is 3.08. The molecule has 21 heavy (non-hydrogen) atoms. The first-order chi connectivity index (χ1) is 10.1. The monoisotopic (exact) mass is 290 g/mol. The Labute approximate surface area is 125 Å². The van der Waals surface area contributed by atoms with Crippen molar-refractivity contribution in [2.24, 2.45) is 5.92 Å². The molecular formula is C17H23FN2O. The Morgan fingerprint density at radius 2 is 2.00 bits per heavy atom. The van der Waals surface area contributed by atoms with E-state index in [4.69, 9.17) is 0 Å². The lowest BCUT2D eigenvalue weighted by molar-refractivity contribution is 0.0697. The van der Waals surface area contributed by atoms with Crippen LogP contribution in [0.2, 0.25) is 0 Å². The maximum Gasteiger partial charge on any atom is 0.257 e. The van der Waals surface area contributed by atoms with Crippen molar-refractivity contribution >= 4 is 5.91 Å². The van der Waals surface area contributed by atoms with Crippen molar-refractivity contribution < 1.29 is 9.18 Å². The largest absolute Gasteiger partial charge is 0.335 e. The van der Waals surface area contributed by atoms with Crippen LogP contribution in [0.25, 0.3) is 0 Å². The Bertz CT molecular complexity index is 522. The second kappa shape index (κ2) is 6.14. The first-order valence-electron chi connectivity index (χ1n) is 7.93. The number of piperidine rings is 1. The quantitative estimate of drug-likeness (QED) is 0.925. The molecular weight excluding hydrogens is 267 g/mol. The normalized spacial score (nSPS) is 19.5. The second-order valence-electron chi connectivity index (χ2n) is 6.37. The van der Waals surface area contributed by atoms with Gasteiger partial charge in [0.2, 0.25) is 0 Å². The van der Waals surface area contributed by atoms with Crippen LogP contribution in [0.15, 0.2) is 18.2 Å². The zero-order valence-electron chi connectivity index (χ0n) is 12.6. The van der Waals surface area contributed by atoms with E-state index in [0.717, 1.165) is 50.9 Å². The van der Waals surface area contributed by atoms with Gasteiger partial charge in [-0.15, -0.1) is 0 Å². The number of aryl methyl sites for hydroxylation is 1. The van der Waals surface area contributed by atoms with Crippen molar-refractivity contribution in [2.45, 2.75) is 38.6 Å². The Morgan fingerprint density at radius 1 is 1.29 bits per heavy atom. The minimum Gasteiger partial charge on any atom is -0.335 e. The molecule has 1 saturated carbocycles. The van der Waals surface area contributed by atoms with E-state index in [-0.39, 0.29) is 11.5 Å². The average molecular weight is 290 g/mol. The molecule has 1 aromatic carbocycles. The summed E-state index contributed by atoms with van der Waals surface area (Å²) in [6.07, 6.45) is 4.33. The molecule has 1 heterocycles.